The lowest BCUT2D eigenvalue weighted by molar-refractivity contribution is -0.137. The predicted molar refractivity (Wildman–Crippen MR) is 108 cm³/mol. The van der Waals surface area contributed by atoms with Crippen LogP contribution in [0.5, 0.6) is 0 Å². The standard InChI is InChI=1S/C19H20F3N3O4S2/c1-23(31(28,29)17-6-3-11-30-17)13-16(26)24-7-9-25(10-8-24)18(27)14-4-2-5-15(12-14)19(20,21)22/h2-6,11-12H,7-10,13H2,1H3. The number of alkyl halides is 3. The molecule has 1 saturated heterocycles. The summed E-state index contributed by atoms with van der Waals surface area (Å²) < 4.78 is 64.6. The highest BCUT2D eigenvalue weighted by Crippen LogP contribution is 2.30. The lowest BCUT2D eigenvalue weighted by atomic mass is 10.1. The second-order valence-corrected chi connectivity index (χ2v) is 10.2. The van der Waals surface area contributed by atoms with Crippen LogP contribution in [0, 0.1) is 0 Å². The zero-order valence-corrected chi connectivity index (χ0v) is 18.1. The highest BCUT2D eigenvalue weighted by Gasteiger charge is 2.32. The first-order valence-corrected chi connectivity index (χ1v) is 11.6. The van der Waals surface area contributed by atoms with E-state index in [2.05, 4.69) is 0 Å². The maximum Gasteiger partial charge on any atom is 0.416 e. The van der Waals surface area contributed by atoms with Gasteiger partial charge in [0.25, 0.3) is 15.9 Å². The number of amides is 2. The zero-order valence-electron chi connectivity index (χ0n) is 16.5. The van der Waals surface area contributed by atoms with Crippen LogP contribution in [0.4, 0.5) is 13.2 Å². The monoisotopic (exact) mass is 475 g/mol. The molecule has 1 aliphatic heterocycles. The molecule has 0 unspecified atom stereocenters. The Morgan fingerprint density at radius 2 is 1.71 bits per heavy atom. The summed E-state index contributed by atoms with van der Waals surface area (Å²) in [5, 5.41) is 1.63. The highest BCUT2D eigenvalue weighted by atomic mass is 32.2. The summed E-state index contributed by atoms with van der Waals surface area (Å²) in [5.41, 5.74) is -0.974. The van der Waals surface area contributed by atoms with Crippen LogP contribution in [0.2, 0.25) is 0 Å². The fourth-order valence-electron chi connectivity index (χ4n) is 3.11. The molecule has 1 aromatic carbocycles. The van der Waals surface area contributed by atoms with Gasteiger partial charge in [0.15, 0.2) is 0 Å². The maximum absolute atomic E-state index is 12.9. The molecular formula is C19H20F3N3O4S2. The maximum atomic E-state index is 12.9. The quantitative estimate of drug-likeness (QED) is 0.665. The van der Waals surface area contributed by atoms with Crippen LogP contribution in [0.3, 0.4) is 0 Å². The molecule has 1 aliphatic rings. The lowest BCUT2D eigenvalue weighted by Gasteiger charge is -2.35. The predicted octanol–water partition coefficient (Wildman–Crippen LogP) is 2.37. The number of carbonyl (C=O) groups is 2. The van der Waals surface area contributed by atoms with Gasteiger partial charge in [0.05, 0.1) is 12.1 Å². The summed E-state index contributed by atoms with van der Waals surface area (Å²) in [5.74, 6) is -0.954. The molecule has 2 heterocycles. The minimum Gasteiger partial charge on any atom is -0.338 e. The van der Waals surface area contributed by atoms with E-state index in [-0.39, 0.29) is 42.5 Å². The Balaban J connectivity index is 1.58. The van der Waals surface area contributed by atoms with E-state index in [4.69, 9.17) is 0 Å². The first-order chi connectivity index (χ1) is 14.5. The van der Waals surface area contributed by atoms with Crippen LogP contribution in [0.25, 0.3) is 0 Å². The Hall–Kier alpha value is -2.44. The lowest BCUT2D eigenvalue weighted by Crippen LogP contribution is -2.52. The van der Waals surface area contributed by atoms with Gasteiger partial charge in [-0.3, -0.25) is 9.59 Å². The second kappa shape index (κ2) is 8.97. The van der Waals surface area contributed by atoms with E-state index in [1.807, 2.05) is 0 Å². The summed E-state index contributed by atoms with van der Waals surface area (Å²) in [6.45, 7) is 0.263. The second-order valence-electron chi connectivity index (χ2n) is 6.94. The van der Waals surface area contributed by atoms with Gasteiger partial charge in [0.2, 0.25) is 5.91 Å². The number of sulfonamides is 1. The average Bonchev–Trinajstić information content (AvgIpc) is 3.28. The normalized spacial score (nSPS) is 15.4. The van der Waals surface area contributed by atoms with Crippen LogP contribution in [-0.2, 0) is 21.0 Å². The van der Waals surface area contributed by atoms with E-state index in [1.165, 1.54) is 35.0 Å². The first-order valence-electron chi connectivity index (χ1n) is 9.24. The largest absolute Gasteiger partial charge is 0.416 e. The minimum atomic E-state index is -4.54. The van der Waals surface area contributed by atoms with Gasteiger partial charge >= 0.3 is 6.18 Å². The molecule has 0 aliphatic carbocycles. The molecule has 168 valence electrons. The van der Waals surface area contributed by atoms with Crippen molar-refractivity contribution in [2.24, 2.45) is 0 Å². The third-order valence-electron chi connectivity index (χ3n) is 4.87. The molecule has 12 heteroatoms. The van der Waals surface area contributed by atoms with Gasteiger partial charge in [-0.05, 0) is 29.6 Å². The molecular weight excluding hydrogens is 455 g/mol. The van der Waals surface area contributed by atoms with Gasteiger partial charge in [0, 0.05) is 38.8 Å². The van der Waals surface area contributed by atoms with E-state index in [1.54, 1.807) is 11.4 Å². The zero-order chi connectivity index (χ0) is 22.8. The Bertz CT molecular complexity index is 1050. The Kier molecular flexibility index (Phi) is 6.72. The van der Waals surface area contributed by atoms with Crippen LogP contribution in [0.1, 0.15) is 15.9 Å². The summed E-state index contributed by atoms with van der Waals surface area (Å²) in [6.07, 6.45) is -4.54. The number of carbonyl (C=O) groups excluding carboxylic acids is 2. The molecule has 0 spiro atoms. The van der Waals surface area contributed by atoms with E-state index in [9.17, 15) is 31.2 Å². The number of piperazine rings is 1. The highest BCUT2D eigenvalue weighted by molar-refractivity contribution is 7.91. The Morgan fingerprint density at radius 3 is 2.29 bits per heavy atom. The molecule has 0 radical (unpaired) electrons. The van der Waals surface area contributed by atoms with Gasteiger partial charge in [-0.1, -0.05) is 12.1 Å². The number of benzene rings is 1. The van der Waals surface area contributed by atoms with E-state index in [0.29, 0.717) is 0 Å². The number of rotatable bonds is 5. The summed E-state index contributed by atoms with van der Waals surface area (Å²) >= 11 is 1.06. The number of thiophene rings is 1. The average molecular weight is 476 g/mol. The van der Waals surface area contributed by atoms with Crippen LogP contribution in [0.15, 0.2) is 46.0 Å². The van der Waals surface area contributed by atoms with Crippen molar-refractivity contribution in [3.05, 3.63) is 52.9 Å². The Labute approximate surface area is 181 Å². The summed E-state index contributed by atoms with van der Waals surface area (Å²) in [6, 6.07) is 7.27. The Morgan fingerprint density at radius 1 is 1.06 bits per heavy atom. The van der Waals surface area contributed by atoms with Crippen LogP contribution < -0.4 is 0 Å². The van der Waals surface area contributed by atoms with Crippen molar-refractivity contribution in [3.8, 4) is 0 Å². The third-order valence-corrected chi connectivity index (χ3v) is 8.05. The van der Waals surface area contributed by atoms with E-state index < -0.39 is 33.6 Å². The molecule has 1 aromatic heterocycles. The van der Waals surface area contributed by atoms with Crippen LogP contribution >= 0.6 is 11.3 Å². The van der Waals surface area contributed by atoms with Gasteiger partial charge in [-0.15, -0.1) is 11.3 Å². The van der Waals surface area contributed by atoms with Gasteiger partial charge in [-0.2, -0.15) is 17.5 Å². The SMILES string of the molecule is CN(CC(=O)N1CCN(C(=O)c2cccc(C(F)(F)F)c2)CC1)S(=O)(=O)c1cccs1. The molecule has 0 bridgehead atoms. The molecule has 0 atom stereocenters. The number of nitrogens with zero attached hydrogens (tertiary/aromatic N) is 3. The first kappa shape index (κ1) is 23.2. The smallest absolute Gasteiger partial charge is 0.338 e. The van der Waals surface area contributed by atoms with Crippen LogP contribution in [-0.4, -0.2) is 74.1 Å². The van der Waals surface area contributed by atoms with Gasteiger partial charge < -0.3 is 9.80 Å². The molecule has 3 rings (SSSR count). The van der Waals surface area contributed by atoms with Crippen molar-refractivity contribution in [1.29, 1.82) is 0 Å². The number of hydrogen-bond acceptors (Lipinski definition) is 5. The number of hydrogen-bond donors (Lipinski definition) is 0. The molecule has 0 saturated carbocycles. The van der Waals surface area contributed by atoms with Crippen molar-refractivity contribution in [1.82, 2.24) is 14.1 Å². The molecule has 2 aromatic rings. The van der Waals surface area contributed by atoms with E-state index in [0.717, 1.165) is 27.8 Å². The van der Waals surface area contributed by atoms with Crippen molar-refractivity contribution in [2.75, 3.05) is 39.8 Å². The molecule has 2 amide bonds. The fourth-order valence-corrected chi connectivity index (χ4v) is 5.43. The van der Waals surface area contributed by atoms with Crippen molar-refractivity contribution >= 4 is 33.2 Å². The van der Waals surface area contributed by atoms with Gasteiger partial charge in [0.1, 0.15) is 4.21 Å². The van der Waals surface area contributed by atoms with Crippen molar-refractivity contribution in [2.45, 2.75) is 10.4 Å². The molecule has 31 heavy (non-hydrogen) atoms. The molecule has 7 nitrogen and oxygen atoms in total. The van der Waals surface area contributed by atoms with E-state index >= 15 is 0 Å². The summed E-state index contributed by atoms with van der Waals surface area (Å²) in [7, 11) is -2.44. The minimum absolute atomic E-state index is 0.0728. The number of halogens is 3. The molecule has 0 N–H and O–H groups in total. The number of likely N-dealkylation sites (N-methyl/N-ethyl adjacent to an activating group) is 1. The summed E-state index contributed by atoms with van der Waals surface area (Å²) in [4.78, 5) is 27.9. The van der Waals surface area contributed by atoms with Crippen molar-refractivity contribution < 1.29 is 31.2 Å². The fraction of sp³-hybridized carbons (Fsp3) is 0.368. The molecule has 1 fully saturated rings. The third kappa shape index (κ3) is 5.25. The van der Waals surface area contributed by atoms with Gasteiger partial charge in [-0.25, -0.2) is 8.42 Å². The topological polar surface area (TPSA) is 78.0 Å². The van der Waals surface area contributed by atoms with Crippen molar-refractivity contribution in [3.63, 3.8) is 0 Å².